The molecule has 2 aliphatic rings. The highest BCUT2D eigenvalue weighted by atomic mass is 32.1. The molecular weight excluding hydrogens is 629 g/mol. The van der Waals surface area contributed by atoms with Crippen LogP contribution in [0, 0.1) is 0 Å². The van der Waals surface area contributed by atoms with E-state index in [0.29, 0.717) is 23.2 Å². The summed E-state index contributed by atoms with van der Waals surface area (Å²) in [5.74, 6) is 2.63. The number of para-hydroxylation sites is 1. The molecule has 0 amide bonds. The van der Waals surface area contributed by atoms with Gasteiger partial charge in [-0.05, 0) is 76.0 Å². The van der Waals surface area contributed by atoms with E-state index in [1.807, 2.05) is 77.4 Å². The number of anilines is 3. The van der Waals surface area contributed by atoms with Crippen LogP contribution in [0.15, 0.2) is 144 Å². The molecule has 0 saturated heterocycles. The lowest BCUT2D eigenvalue weighted by Gasteiger charge is -2.43. The number of aromatic nitrogens is 5. The highest BCUT2D eigenvalue weighted by Crippen LogP contribution is 2.65. The van der Waals surface area contributed by atoms with Crippen LogP contribution in [-0.2, 0) is 5.41 Å². The first kappa shape index (κ1) is 27.3. The topological polar surface area (TPSA) is 67.7 Å². The molecule has 0 radical (unpaired) electrons. The molecule has 0 atom stereocenters. The van der Waals surface area contributed by atoms with Gasteiger partial charge in [0.05, 0.1) is 11.1 Å². The molecule has 226 valence electrons. The lowest BCUT2D eigenvalue weighted by molar-refractivity contribution is 0.748. The fraction of sp³-hybridized carbons (Fsp3) is 0.0250. The first-order valence-electron chi connectivity index (χ1n) is 15.7. The van der Waals surface area contributed by atoms with Crippen LogP contribution in [0.5, 0.6) is 0 Å². The van der Waals surface area contributed by atoms with Gasteiger partial charge in [0.2, 0.25) is 0 Å². The number of thiophene rings is 2. The Labute approximate surface area is 284 Å². The number of nitrogens with zero attached hydrogens (tertiary/aromatic N) is 6. The van der Waals surface area contributed by atoms with E-state index in [-0.39, 0.29) is 0 Å². The van der Waals surface area contributed by atoms with Gasteiger partial charge in [-0.3, -0.25) is 9.88 Å². The zero-order valence-corrected chi connectivity index (χ0v) is 27.0. The van der Waals surface area contributed by atoms with Gasteiger partial charge in [-0.1, -0.05) is 72.8 Å². The van der Waals surface area contributed by atoms with Crippen LogP contribution >= 0.6 is 22.7 Å². The molecular formula is C40H24N6S2. The Morgan fingerprint density at radius 2 is 1.17 bits per heavy atom. The average molecular weight is 653 g/mol. The highest BCUT2D eigenvalue weighted by Gasteiger charge is 2.53. The highest BCUT2D eigenvalue weighted by molar-refractivity contribution is 7.21. The Morgan fingerprint density at radius 1 is 0.500 bits per heavy atom. The largest absolute Gasteiger partial charge is 0.294 e. The minimum absolute atomic E-state index is 0.435. The Bertz CT molecular complexity index is 2340. The van der Waals surface area contributed by atoms with Crippen LogP contribution < -0.4 is 4.90 Å². The zero-order chi connectivity index (χ0) is 31.7. The maximum atomic E-state index is 5.10. The number of hydrogen-bond acceptors (Lipinski definition) is 8. The summed E-state index contributed by atoms with van der Waals surface area (Å²) in [5.41, 5.74) is 9.23. The van der Waals surface area contributed by atoms with Crippen molar-refractivity contribution in [2.24, 2.45) is 0 Å². The normalized spacial score (nSPS) is 13.5. The molecule has 8 heteroatoms. The van der Waals surface area contributed by atoms with Crippen molar-refractivity contribution in [3.8, 4) is 44.0 Å². The molecule has 6 heterocycles. The van der Waals surface area contributed by atoms with Crippen LogP contribution in [0.25, 0.3) is 44.0 Å². The average Bonchev–Trinajstić information content (AvgIpc) is 3.90. The van der Waals surface area contributed by atoms with Crippen molar-refractivity contribution in [3.05, 3.63) is 167 Å². The van der Waals surface area contributed by atoms with Gasteiger partial charge in [-0.15, -0.1) is 22.7 Å². The maximum absolute atomic E-state index is 5.10. The van der Waals surface area contributed by atoms with Gasteiger partial charge < -0.3 is 0 Å². The fourth-order valence-corrected chi connectivity index (χ4v) is 9.37. The Kier molecular flexibility index (Phi) is 6.03. The van der Waals surface area contributed by atoms with E-state index < -0.39 is 5.41 Å². The maximum Gasteiger partial charge on any atom is 0.182 e. The summed E-state index contributed by atoms with van der Waals surface area (Å²) in [5, 5.41) is 4.45. The van der Waals surface area contributed by atoms with Crippen molar-refractivity contribution < 1.29 is 0 Å². The van der Waals surface area contributed by atoms with Crippen LogP contribution in [0.1, 0.15) is 22.3 Å². The van der Waals surface area contributed by atoms with E-state index in [4.69, 9.17) is 19.9 Å². The van der Waals surface area contributed by atoms with Crippen molar-refractivity contribution in [3.63, 3.8) is 0 Å². The molecule has 0 saturated carbocycles. The molecule has 0 fully saturated rings. The number of pyridine rings is 2. The van der Waals surface area contributed by atoms with E-state index >= 15 is 0 Å². The lowest BCUT2D eigenvalue weighted by atomic mass is 9.66. The van der Waals surface area contributed by atoms with E-state index in [1.165, 1.54) is 32.0 Å². The molecule has 5 aromatic heterocycles. The van der Waals surface area contributed by atoms with Gasteiger partial charge in [-0.2, -0.15) is 0 Å². The van der Waals surface area contributed by atoms with Gasteiger partial charge in [0, 0.05) is 44.5 Å². The molecule has 48 heavy (non-hydrogen) atoms. The van der Waals surface area contributed by atoms with Crippen molar-refractivity contribution in [2.75, 3.05) is 4.90 Å². The predicted molar refractivity (Wildman–Crippen MR) is 193 cm³/mol. The summed E-state index contributed by atoms with van der Waals surface area (Å²) < 4.78 is 0. The quantitative estimate of drug-likeness (QED) is 0.189. The second kappa shape index (κ2) is 10.6. The van der Waals surface area contributed by atoms with Crippen LogP contribution in [0.3, 0.4) is 0 Å². The van der Waals surface area contributed by atoms with Gasteiger partial charge >= 0.3 is 0 Å². The van der Waals surface area contributed by atoms with Crippen molar-refractivity contribution in [2.45, 2.75) is 5.41 Å². The van der Waals surface area contributed by atoms with Gasteiger partial charge in [0.15, 0.2) is 17.5 Å². The molecule has 0 N–H and O–H groups in total. The molecule has 6 nitrogen and oxygen atoms in total. The Balaban J connectivity index is 1.18. The fourth-order valence-electron chi connectivity index (χ4n) is 7.28. The summed E-state index contributed by atoms with van der Waals surface area (Å²) in [6, 6.07) is 41.9. The van der Waals surface area contributed by atoms with Crippen molar-refractivity contribution in [1.29, 1.82) is 0 Å². The third kappa shape index (κ3) is 3.87. The monoisotopic (exact) mass is 652 g/mol. The second-order valence-electron chi connectivity index (χ2n) is 11.7. The molecule has 10 rings (SSSR count). The van der Waals surface area contributed by atoms with Gasteiger partial charge in [0.1, 0.15) is 11.5 Å². The third-order valence-electron chi connectivity index (χ3n) is 9.22. The molecule has 1 spiro atoms. The lowest BCUT2D eigenvalue weighted by Crippen LogP contribution is -2.36. The van der Waals surface area contributed by atoms with Crippen LogP contribution in [0.4, 0.5) is 17.2 Å². The SMILES string of the molecule is c1ccc(-c2nc(-c3cccc(N4c5ccccc5C5(c6cccnc64)c4ccsc4-c4sccc45)c3)nc(-c3ccccn3)n2)cc1. The molecule has 1 aliphatic carbocycles. The predicted octanol–water partition coefficient (Wildman–Crippen LogP) is 9.93. The van der Waals surface area contributed by atoms with Crippen LogP contribution in [0.2, 0.25) is 0 Å². The van der Waals surface area contributed by atoms with E-state index in [0.717, 1.165) is 28.3 Å². The first-order valence-corrected chi connectivity index (χ1v) is 17.4. The van der Waals surface area contributed by atoms with Gasteiger partial charge in [-0.25, -0.2) is 19.9 Å². The standard InChI is InChI=1S/C40H24N6S2/c1-2-10-25(11-3-1)36-43-37(45-38(44-36)32-16-6-7-20-41-32)26-12-8-13-27(24-26)46-33-17-5-4-14-28(33)40(31-15-9-21-42-39(31)46)29-18-22-47-34(29)35-30(40)19-23-48-35/h1-24H. The molecule has 8 aromatic rings. The Hall–Kier alpha value is -5.83. The molecule has 0 unspecified atom stereocenters. The summed E-state index contributed by atoms with van der Waals surface area (Å²) in [6.45, 7) is 0. The summed E-state index contributed by atoms with van der Waals surface area (Å²) in [4.78, 5) is 29.4. The smallest absolute Gasteiger partial charge is 0.182 e. The molecule has 0 bridgehead atoms. The number of hydrogen-bond donors (Lipinski definition) is 0. The number of rotatable bonds is 4. The zero-order valence-electron chi connectivity index (χ0n) is 25.4. The van der Waals surface area contributed by atoms with Crippen LogP contribution in [-0.4, -0.2) is 24.9 Å². The summed E-state index contributed by atoms with van der Waals surface area (Å²) >= 11 is 3.65. The van der Waals surface area contributed by atoms with Crippen molar-refractivity contribution >= 4 is 39.9 Å². The minimum Gasteiger partial charge on any atom is -0.294 e. The minimum atomic E-state index is -0.435. The molecule has 3 aromatic carbocycles. The van der Waals surface area contributed by atoms with E-state index in [9.17, 15) is 0 Å². The summed E-state index contributed by atoms with van der Waals surface area (Å²) in [7, 11) is 0. The number of benzene rings is 3. The first-order chi connectivity index (χ1) is 23.8. The number of fused-ring (bicyclic) bond motifs is 9. The van der Waals surface area contributed by atoms with Gasteiger partial charge in [0.25, 0.3) is 0 Å². The van der Waals surface area contributed by atoms with Crippen molar-refractivity contribution in [1.82, 2.24) is 24.9 Å². The van der Waals surface area contributed by atoms with E-state index in [1.54, 1.807) is 6.20 Å². The Morgan fingerprint density at radius 3 is 1.96 bits per heavy atom. The van der Waals surface area contributed by atoms with E-state index in [2.05, 4.69) is 93.4 Å². The third-order valence-corrected chi connectivity index (χ3v) is 11.2. The molecule has 1 aliphatic heterocycles. The second-order valence-corrected chi connectivity index (χ2v) is 13.6. The summed E-state index contributed by atoms with van der Waals surface area (Å²) in [6.07, 6.45) is 3.65.